The molecule has 1 aliphatic rings. The Morgan fingerprint density at radius 1 is 1.41 bits per heavy atom. The number of rotatable bonds is 4. The maximum absolute atomic E-state index is 11.7. The Morgan fingerprint density at radius 2 is 2.14 bits per heavy atom. The molecule has 1 aromatic carbocycles. The first-order valence-corrected chi connectivity index (χ1v) is 8.90. The Kier molecular flexibility index (Phi) is 4.66. The lowest BCUT2D eigenvalue weighted by Crippen LogP contribution is -2.34. The van der Waals surface area contributed by atoms with E-state index >= 15 is 0 Å². The van der Waals surface area contributed by atoms with E-state index in [1.165, 1.54) is 24.5 Å². The zero-order valence-corrected chi connectivity index (χ0v) is 13.0. The van der Waals surface area contributed by atoms with Crippen LogP contribution in [0.3, 0.4) is 0 Å². The fourth-order valence-corrected chi connectivity index (χ4v) is 3.93. The molecule has 2 atom stereocenters. The van der Waals surface area contributed by atoms with E-state index in [4.69, 9.17) is 5.26 Å². The minimum absolute atomic E-state index is 0.0537. The van der Waals surface area contributed by atoms with Crippen molar-refractivity contribution >= 4 is 21.2 Å². The van der Waals surface area contributed by atoms with Gasteiger partial charge in [0.15, 0.2) is 0 Å². The molecule has 8 heteroatoms. The number of hydrogen-bond donors (Lipinski definition) is 1. The van der Waals surface area contributed by atoms with Gasteiger partial charge in [-0.1, -0.05) is 6.42 Å². The summed E-state index contributed by atoms with van der Waals surface area (Å²) in [5.74, 6) is 0. The number of nitro benzene ring substituents is 1. The SMILES string of the molecule is CS(=O)(=O)[C@@H]1CCC[C@@H](Nc2ccc([N+](=O)[O-])cc2C#N)C1. The summed E-state index contributed by atoms with van der Waals surface area (Å²) in [5, 5.41) is 22.6. The van der Waals surface area contributed by atoms with Crippen LogP contribution in [0.4, 0.5) is 11.4 Å². The molecule has 118 valence electrons. The number of anilines is 1. The Hall–Kier alpha value is -2.14. The predicted octanol–water partition coefficient (Wildman–Crippen LogP) is 2.23. The van der Waals surface area contributed by atoms with E-state index < -0.39 is 14.8 Å². The minimum atomic E-state index is -3.08. The lowest BCUT2D eigenvalue weighted by molar-refractivity contribution is -0.384. The van der Waals surface area contributed by atoms with Gasteiger partial charge in [-0.05, 0) is 25.3 Å². The molecule has 0 heterocycles. The Labute approximate surface area is 129 Å². The maximum Gasteiger partial charge on any atom is 0.270 e. The molecule has 0 spiro atoms. The highest BCUT2D eigenvalue weighted by Gasteiger charge is 2.29. The molecule has 0 radical (unpaired) electrons. The molecule has 22 heavy (non-hydrogen) atoms. The van der Waals surface area contributed by atoms with Crippen molar-refractivity contribution in [3.8, 4) is 6.07 Å². The summed E-state index contributed by atoms with van der Waals surface area (Å²) in [6.45, 7) is 0. The topological polar surface area (TPSA) is 113 Å². The van der Waals surface area contributed by atoms with Crippen molar-refractivity contribution in [1.29, 1.82) is 5.26 Å². The van der Waals surface area contributed by atoms with Crippen molar-refractivity contribution in [1.82, 2.24) is 0 Å². The molecule has 2 rings (SSSR count). The van der Waals surface area contributed by atoms with Gasteiger partial charge in [-0.25, -0.2) is 8.42 Å². The molecule has 1 fully saturated rings. The van der Waals surface area contributed by atoms with Gasteiger partial charge in [0.25, 0.3) is 5.69 Å². The van der Waals surface area contributed by atoms with Crippen LogP contribution in [0.2, 0.25) is 0 Å². The fraction of sp³-hybridized carbons (Fsp3) is 0.500. The molecule has 0 bridgehead atoms. The van der Waals surface area contributed by atoms with Gasteiger partial charge in [-0.15, -0.1) is 0 Å². The lowest BCUT2D eigenvalue weighted by atomic mass is 9.94. The van der Waals surface area contributed by atoms with E-state index in [1.807, 2.05) is 6.07 Å². The highest BCUT2D eigenvalue weighted by Crippen LogP contribution is 2.28. The van der Waals surface area contributed by atoms with Crippen LogP contribution in [0.1, 0.15) is 31.2 Å². The van der Waals surface area contributed by atoms with Crippen LogP contribution in [0, 0.1) is 21.4 Å². The number of nitrogens with zero attached hydrogens (tertiary/aromatic N) is 2. The molecule has 0 aromatic heterocycles. The van der Waals surface area contributed by atoms with Crippen LogP contribution >= 0.6 is 0 Å². The third-order valence-electron chi connectivity index (χ3n) is 3.93. The van der Waals surface area contributed by atoms with Gasteiger partial charge in [-0.3, -0.25) is 10.1 Å². The second-order valence-electron chi connectivity index (χ2n) is 5.56. The summed E-state index contributed by atoms with van der Waals surface area (Å²) in [5.41, 5.74) is 0.558. The molecule has 1 saturated carbocycles. The predicted molar refractivity (Wildman–Crippen MR) is 82.3 cm³/mol. The molecule has 0 unspecified atom stereocenters. The van der Waals surface area contributed by atoms with E-state index in [9.17, 15) is 18.5 Å². The smallest absolute Gasteiger partial charge is 0.270 e. The highest BCUT2D eigenvalue weighted by atomic mass is 32.2. The first kappa shape index (κ1) is 16.2. The standard InChI is InChI=1S/C14H17N3O4S/c1-22(20,21)13-4-2-3-11(8-13)16-14-6-5-12(17(18)19)7-10(14)9-15/h5-7,11,13,16H,2-4,8H2,1H3/t11-,13-/m1/s1. The summed E-state index contributed by atoms with van der Waals surface area (Å²) in [4.78, 5) is 10.2. The number of nitriles is 1. The van der Waals surface area contributed by atoms with E-state index in [1.54, 1.807) is 0 Å². The van der Waals surface area contributed by atoms with E-state index in [0.29, 0.717) is 18.5 Å². The monoisotopic (exact) mass is 323 g/mol. The van der Waals surface area contributed by atoms with E-state index in [0.717, 1.165) is 12.8 Å². The van der Waals surface area contributed by atoms with Crippen LogP contribution in [0.25, 0.3) is 0 Å². The van der Waals surface area contributed by atoms with Crippen molar-refractivity contribution in [2.45, 2.75) is 37.0 Å². The van der Waals surface area contributed by atoms with E-state index in [-0.39, 0.29) is 22.5 Å². The average molecular weight is 323 g/mol. The van der Waals surface area contributed by atoms with Gasteiger partial charge in [-0.2, -0.15) is 5.26 Å². The number of hydrogen-bond acceptors (Lipinski definition) is 6. The molecular weight excluding hydrogens is 306 g/mol. The molecule has 1 N–H and O–H groups in total. The third-order valence-corrected chi connectivity index (χ3v) is 5.56. The third kappa shape index (κ3) is 3.74. The van der Waals surface area contributed by atoms with Gasteiger partial charge in [0.1, 0.15) is 15.9 Å². The largest absolute Gasteiger partial charge is 0.381 e. The quantitative estimate of drug-likeness (QED) is 0.671. The maximum atomic E-state index is 11.7. The first-order chi connectivity index (χ1) is 10.3. The number of non-ortho nitro benzene ring substituents is 1. The van der Waals surface area contributed by atoms with Crippen LogP contribution in [-0.2, 0) is 9.84 Å². The molecule has 1 aromatic rings. The van der Waals surface area contributed by atoms with Crippen molar-refractivity contribution in [2.75, 3.05) is 11.6 Å². The Balaban J connectivity index is 2.17. The zero-order valence-electron chi connectivity index (χ0n) is 12.2. The average Bonchev–Trinajstić information content (AvgIpc) is 2.47. The summed E-state index contributed by atoms with van der Waals surface area (Å²) >= 11 is 0. The van der Waals surface area contributed by atoms with E-state index in [2.05, 4.69) is 5.32 Å². The molecule has 1 aliphatic carbocycles. The normalized spacial score (nSPS) is 21.8. The first-order valence-electron chi connectivity index (χ1n) is 6.95. The van der Waals surface area contributed by atoms with Crippen LogP contribution in [-0.4, -0.2) is 30.9 Å². The van der Waals surface area contributed by atoms with Crippen LogP contribution < -0.4 is 5.32 Å². The van der Waals surface area contributed by atoms with Crippen LogP contribution in [0.15, 0.2) is 18.2 Å². The Bertz CT molecular complexity index is 724. The van der Waals surface area contributed by atoms with Crippen molar-refractivity contribution in [3.05, 3.63) is 33.9 Å². The molecule has 0 aliphatic heterocycles. The molecular formula is C14H17N3O4S. The molecule has 7 nitrogen and oxygen atoms in total. The lowest BCUT2D eigenvalue weighted by Gasteiger charge is -2.29. The second kappa shape index (κ2) is 6.32. The minimum Gasteiger partial charge on any atom is -0.381 e. The van der Waals surface area contributed by atoms with Gasteiger partial charge in [0.2, 0.25) is 0 Å². The summed E-state index contributed by atoms with van der Waals surface area (Å²) in [6, 6.07) is 5.94. The Morgan fingerprint density at radius 3 is 2.73 bits per heavy atom. The van der Waals surface area contributed by atoms with Gasteiger partial charge in [0.05, 0.1) is 21.4 Å². The van der Waals surface area contributed by atoms with Gasteiger partial charge >= 0.3 is 0 Å². The zero-order chi connectivity index (χ0) is 16.3. The van der Waals surface area contributed by atoms with Gasteiger partial charge < -0.3 is 5.32 Å². The summed E-state index contributed by atoms with van der Waals surface area (Å²) in [6.07, 6.45) is 3.99. The fourth-order valence-electron chi connectivity index (χ4n) is 2.75. The molecule has 0 saturated heterocycles. The van der Waals surface area contributed by atoms with Crippen molar-refractivity contribution in [2.24, 2.45) is 0 Å². The second-order valence-corrected chi connectivity index (χ2v) is 7.88. The molecule has 0 amide bonds. The van der Waals surface area contributed by atoms with Crippen molar-refractivity contribution < 1.29 is 13.3 Å². The number of nitro groups is 1. The van der Waals surface area contributed by atoms with Gasteiger partial charge in [0, 0.05) is 24.4 Å². The summed E-state index contributed by atoms with van der Waals surface area (Å²) in [7, 11) is -3.08. The number of benzene rings is 1. The number of nitrogens with one attached hydrogen (secondary N) is 1. The summed E-state index contributed by atoms with van der Waals surface area (Å²) < 4.78 is 23.3. The van der Waals surface area contributed by atoms with Crippen LogP contribution in [0.5, 0.6) is 0 Å². The van der Waals surface area contributed by atoms with Crippen molar-refractivity contribution in [3.63, 3.8) is 0 Å². The highest BCUT2D eigenvalue weighted by molar-refractivity contribution is 7.91. The number of sulfone groups is 1.